The standard InChI is InChI=1S/C4H6N/c1-2-3-4-5/h2H,3H2,1H3/i1D3. The number of rotatable bonds is 1. The van der Waals surface area contributed by atoms with Crippen molar-refractivity contribution in [3.8, 4) is 6.07 Å². The molecule has 0 aromatic carbocycles. The average Bonchev–Trinajstić information content (AvgIpc) is 1.59. The number of nitrogens with zero attached hydrogens (tertiary/aromatic N) is 1. The Kier molecular flexibility index (Phi) is 0.906. The van der Waals surface area contributed by atoms with Crippen LogP contribution in [0.5, 0.6) is 0 Å². The van der Waals surface area contributed by atoms with Crippen molar-refractivity contribution in [1.29, 1.82) is 5.26 Å². The van der Waals surface area contributed by atoms with Gasteiger partial charge in [0.25, 0.3) is 0 Å². The highest BCUT2D eigenvalue weighted by molar-refractivity contribution is 4.76. The smallest absolute Gasteiger partial charge is 0.0624 e. The molecule has 1 radical (unpaired) electrons. The van der Waals surface area contributed by atoms with Gasteiger partial charge in [0.1, 0.15) is 0 Å². The molecule has 0 saturated heterocycles. The first-order chi connectivity index (χ1) is 3.56. The Hall–Kier alpha value is -0.510. The van der Waals surface area contributed by atoms with Crippen LogP contribution in [0.3, 0.4) is 0 Å². The summed E-state index contributed by atoms with van der Waals surface area (Å²) in [6, 6.07) is 1.71. The minimum Gasteiger partial charge on any atom is -0.198 e. The molecule has 0 bridgehead atoms. The van der Waals surface area contributed by atoms with Crippen molar-refractivity contribution in [3.63, 3.8) is 0 Å². The quantitative estimate of drug-likeness (QED) is 0.454. The van der Waals surface area contributed by atoms with E-state index in [-0.39, 0.29) is 6.42 Å². The lowest BCUT2D eigenvalue weighted by molar-refractivity contribution is 1.21. The van der Waals surface area contributed by atoms with Crippen molar-refractivity contribution in [2.24, 2.45) is 0 Å². The maximum atomic E-state index is 7.90. The first kappa shape index (κ1) is 1.30. The molecule has 0 saturated carbocycles. The van der Waals surface area contributed by atoms with Gasteiger partial charge < -0.3 is 0 Å². The van der Waals surface area contributed by atoms with Crippen molar-refractivity contribution in [2.75, 3.05) is 0 Å². The van der Waals surface area contributed by atoms with Gasteiger partial charge in [0.15, 0.2) is 0 Å². The molecule has 0 aliphatic rings. The molecule has 0 atom stereocenters. The van der Waals surface area contributed by atoms with Gasteiger partial charge in [-0.25, -0.2) is 0 Å². The van der Waals surface area contributed by atoms with Crippen LogP contribution in [0.15, 0.2) is 0 Å². The summed E-state index contributed by atoms with van der Waals surface area (Å²) in [5.74, 6) is 0. The maximum absolute atomic E-state index is 7.90. The molecule has 0 aromatic heterocycles. The van der Waals surface area contributed by atoms with Crippen LogP contribution < -0.4 is 0 Å². The molecule has 0 rings (SSSR count). The molecule has 0 spiro atoms. The van der Waals surface area contributed by atoms with Crippen LogP contribution in [0, 0.1) is 17.8 Å². The zero-order chi connectivity index (χ0) is 6.62. The van der Waals surface area contributed by atoms with E-state index in [1.807, 2.05) is 0 Å². The Balaban J connectivity index is 3.28. The summed E-state index contributed by atoms with van der Waals surface area (Å²) in [4.78, 5) is 0. The molecule has 5 heavy (non-hydrogen) atoms. The van der Waals surface area contributed by atoms with Crippen molar-refractivity contribution in [1.82, 2.24) is 0 Å². The summed E-state index contributed by atoms with van der Waals surface area (Å²) in [6.45, 7) is -2.05. The maximum Gasteiger partial charge on any atom is 0.0624 e. The predicted molar refractivity (Wildman–Crippen MR) is 20.2 cm³/mol. The fourth-order valence-corrected chi connectivity index (χ4v) is 0.0456. The zero-order valence-corrected chi connectivity index (χ0v) is 2.73. The second-order valence-corrected chi connectivity index (χ2v) is 0.566. The first-order valence-corrected chi connectivity index (χ1v) is 1.27. The lowest BCUT2D eigenvalue weighted by atomic mass is 10.4. The van der Waals surface area contributed by atoms with Crippen LogP contribution in [-0.4, -0.2) is 0 Å². The highest BCUT2D eigenvalue weighted by Crippen LogP contribution is 1.75. The molecular formula is C4H6N. The Labute approximate surface area is 36.4 Å². The third-order valence-electron chi connectivity index (χ3n) is 0.193. The van der Waals surface area contributed by atoms with E-state index in [1.165, 1.54) is 0 Å². The molecule has 0 heterocycles. The molecule has 0 fully saturated rings. The highest BCUT2D eigenvalue weighted by atomic mass is 14.2. The molecule has 0 unspecified atom stereocenters. The first-order valence-electron chi connectivity index (χ1n) is 2.77. The van der Waals surface area contributed by atoms with Gasteiger partial charge >= 0.3 is 0 Å². The Morgan fingerprint density at radius 1 is 2.40 bits per heavy atom. The summed E-state index contributed by atoms with van der Waals surface area (Å²) in [5, 5.41) is 7.90. The number of hydrogen-bond acceptors (Lipinski definition) is 1. The third-order valence-corrected chi connectivity index (χ3v) is 0.193. The minimum atomic E-state index is -2.05. The number of nitriles is 1. The van der Waals surface area contributed by atoms with Crippen LogP contribution in [0.25, 0.3) is 0 Å². The zero-order valence-electron chi connectivity index (χ0n) is 5.73. The Bertz CT molecular complexity index is 98.8. The molecule has 0 aliphatic heterocycles. The molecule has 1 nitrogen and oxygen atoms in total. The SMILES string of the molecule is [2H]C([2H])([2H])[CH]CC#N. The van der Waals surface area contributed by atoms with E-state index in [0.29, 0.717) is 0 Å². The van der Waals surface area contributed by atoms with Gasteiger partial charge in [0, 0.05) is 10.5 Å². The van der Waals surface area contributed by atoms with Crippen LogP contribution in [0.2, 0.25) is 0 Å². The fraction of sp³-hybridized carbons (Fsp3) is 0.500. The summed E-state index contributed by atoms with van der Waals surface area (Å²) < 4.78 is 19.7. The van der Waals surface area contributed by atoms with Crippen LogP contribution in [0.4, 0.5) is 0 Å². The molecular weight excluding hydrogens is 62.1 g/mol. The lowest BCUT2D eigenvalue weighted by Crippen LogP contribution is -1.55. The molecule has 1 heteroatoms. The lowest BCUT2D eigenvalue weighted by Gasteiger charge is -1.65. The third kappa shape index (κ3) is 3.49. The molecule has 0 aliphatic carbocycles. The van der Waals surface area contributed by atoms with Crippen molar-refractivity contribution >= 4 is 0 Å². The topological polar surface area (TPSA) is 23.8 Å². The van der Waals surface area contributed by atoms with E-state index in [2.05, 4.69) is 0 Å². The van der Waals surface area contributed by atoms with E-state index >= 15 is 0 Å². The summed E-state index contributed by atoms with van der Waals surface area (Å²) in [7, 11) is 0. The van der Waals surface area contributed by atoms with E-state index in [9.17, 15) is 0 Å². The second-order valence-electron chi connectivity index (χ2n) is 0.566. The van der Waals surface area contributed by atoms with Crippen LogP contribution in [-0.2, 0) is 0 Å². The van der Waals surface area contributed by atoms with Gasteiger partial charge in [-0.15, -0.1) is 0 Å². The monoisotopic (exact) mass is 71.1 g/mol. The van der Waals surface area contributed by atoms with Crippen molar-refractivity contribution < 1.29 is 4.11 Å². The minimum absolute atomic E-state index is 0.00347. The van der Waals surface area contributed by atoms with Crippen molar-refractivity contribution in [2.45, 2.75) is 13.3 Å². The van der Waals surface area contributed by atoms with E-state index in [4.69, 9.17) is 9.37 Å². The average molecular weight is 71.1 g/mol. The van der Waals surface area contributed by atoms with Gasteiger partial charge in [0.05, 0.1) is 6.07 Å². The van der Waals surface area contributed by atoms with Crippen LogP contribution >= 0.6 is 0 Å². The van der Waals surface area contributed by atoms with E-state index in [0.717, 1.165) is 6.42 Å². The van der Waals surface area contributed by atoms with Gasteiger partial charge in [-0.2, -0.15) is 5.26 Å². The van der Waals surface area contributed by atoms with E-state index in [1.54, 1.807) is 6.07 Å². The van der Waals surface area contributed by atoms with Gasteiger partial charge in [-0.1, -0.05) is 6.85 Å². The molecule has 0 N–H and O–H groups in total. The highest BCUT2D eigenvalue weighted by Gasteiger charge is 1.66. The summed E-state index contributed by atoms with van der Waals surface area (Å²) in [6.07, 6.45) is 1.00. The van der Waals surface area contributed by atoms with E-state index < -0.39 is 6.85 Å². The molecule has 27 valence electrons. The summed E-state index contributed by atoms with van der Waals surface area (Å²) >= 11 is 0. The summed E-state index contributed by atoms with van der Waals surface area (Å²) in [5.41, 5.74) is 0. The van der Waals surface area contributed by atoms with Gasteiger partial charge in [-0.05, 0) is 6.42 Å². The van der Waals surface area contributed by atoms with Crippen LogP contribution in [0.1, 0.15) is 17.4 Å². The largest absolute Gasteiger partial charge is 0.198 e. The Morgan fingerprint density at radius 2 is 3.20 bits per heavy atom. The molecule has 0 aromatic rings. The van der Waals surface area contributed by atoms with Gasteiger partial charge in [0.2, 0.25) is 0 Å². The Morgan fingerprint density at radius 3 is 3.40 bits per heavy atom. The second kappa shape index (κ2) is 3.49. The fourth-order valence-electron chi connectivity index (χ4n) is 0.0456. The van der Waals surface area contributed by atoms with Crippen molar-refractivity contribution in [3.05, 3.63) is 6.42 Å². The predicted octanol–water partition coefficient (Wildman–Crippen LogP) is 1.12. The number of hydrogen-bond donors (Lipinski definition) is 0. The molecule has 0 amide bonds. The van der Waals surface area contributed by atoms with Gasteiger partial charge in [-0.3, -0.25) is 0 Å². The normalized spacial score (nSPS) is 17.8.